The molecule has 0 radical (unpaired) electrons. The van der Waals surface area contributed by atoms with Gasteiger partial charge in [-0.15, -0.1) is 20.4 Å². The highest BCUT2D eigenvalue weighted by atomic mass is 32.2. The van der Waals surface area contributed by atoms with Crippen LogP contribution in [0, 0.1) is 0 Å². The summed E-state index contributed by atoms with van der Waals surface area (Å²) in [4.78, 5) is 0. The van der Waals surface area contributed by atoms with Crippen molar-refractivity contribution in [2.75, 3.05) is 0 Å². The van der Waals surface area contributed by atoms with Gasteiger partial charge >= 0.3 is 0 Å². The lowest BCUT2D eigenvalue weighted by molar-refractivity contribution is 0.785. The lowest BCUT2D eigenvalue weighted by Gasteiger charge is -2.11. The van der Waals surface area contributed by atoms with Crippen molar-refractivity contribution in [2.24, 2.45) is 14.1 Å². The second-order valence-corrected chi connectivity index (χ2v) is 14.9. The second-order valence-electron chi connectivity index (χ2n) is 12.3. The molecule has 2 atom stereocenters. The van der Waals surface area contributed by atoms with Crippen LogP contribution in [0.25, 0.3) is 45.0 Å². The standard InChI is InChI=1S/2C20H19N5S/c2*1-14(26-20-24-21-13-25(20)2)16-9-6-10-17(11-16)19-12-18(22-23-19)15-7-4-3-5-8-15/h2*3-14H,1-2H3,(H,22,23)/t2*14-/m10/s1. The van der Waals surface area contributed by atoms with Gasteiger partial charge < -0.3 is 9.13 Å². The van der Waals surface area contributed by atoms with Crippen LogP contribution >= 0.6 is 23.5 Å². The van der Waals surface area contributed by atoms with E-state index in [4.69, 9.17) is 0 Å². The van der Waals surface area contributed by atoms with E-state index in [0.29, 0.717) is 0 Å². The van der Waals surface area contributed by atoms with Gasteiger partial charge in [-0.2, -0.15) is 10.2 Å². The second kappa shape index (κ2) is 16.1. The molecule has 0 bridgehead atoms. The van der Waals surface area contributed by atoms with Crippen LogP contribution in [0.1, 0.15) is 35.5 Å². The molecule has 4 heterocycles. The largest absolute Gasteiger partial charge is 0.312 e. The zero-order valence-electron chi connectivity index (χ0n) is 29.3. The average molecular weight is 723 g/mol. The molecule has 0 aliphatic heterocycles. The predicted molar refractivity (Wildman–Crippen MR) is 209 cm³/mol. The molecule has 4 aromatic heterocycles. The van der Waals surface area contributed by atoms with Gasteiger partial charge in [-0.05, 0) is 60.4 Å². The molecule has 0 fully saturated rings. The van der Waals surface area contributed by atoms with E-state index in [9.17, 15) is 0 Å². The number of rotatable bonds is 10. The maximum absolute atomic E-state index is 4.49. The van der Waals surface area contributed by atoms with Crippen molar-refractivity contribution in [3.05, 3.63) is 145 Å². The fourth-order valence-corrected chi connectivity index (χ4v) is 7.40. The van der Waals surface area contributed by atoms with Crippen molar-refractivity contribution in [3.8, 4) is 45.0 Å². The van der Waals surface area contributed by atoms with Gasteiger partial charge in [-0.25, -0.2) is 0 Å². The van der Waals surface area contributed by atoms with Crippen LogP contribution in [-0.2, 0) is 14.1 Å². The minimum atomic E-state index is 0.269. The third kappa shape index (κ3) is 8.25. The lowest BCUT2D eigenvalue weighted by Crippen LogP contribution is -1.94. The summed E-state index contributed by atoms with van der Waals surface area (Å²) in [6, 6.07) is 41.6. The molecule has 0 spiro atoms. The smallest absolute Gasteiger partial charge is 0.191 e. The number of thioether (sulfide) groups is 2. The summed E-state index contributed by atoms with van der Waals surface area (Å²) in [6.07, 6.45) is 3.45. The number of aromatic nitrogens is 10. The van der Waals surface area contributed by atoms with Crippen LogP contribution in [0.5, 0.6) is 0 Å². The summed E-state index contributed by atoms with van der Waals surface area (Å²) in [6.45, 7) is 4.36. The van der Waals surface area contributed by atoms with Gasteiger partial charge in [0, 0.05) is 35.7 Å². The van der Waals surface area contributed by atoms with Gasteiger partial charge in [0.05, 0.1) is 22.8 Å². The highest BCUT2D eigenvalue weighted by Gasteiger charge is 2.15. The maximum atomic E-state index is 4.49. The zero-order valence-corrected chi connectivity index (χ0v) is 30.9. The van der Waals surface area contributed by atoms with Gasteiger partial charge in [0.15, 0.2) is 10.3 Å². The molecule has 8 aromatic rings. The molecule has 4 aromatic carbocycles. The molecule has 12 heteroatoms. The number of aryl methyl sites for hydroxylation is 2. The Labute approximate surface area is 311 Å². The Morgan fingerprint density at radius 2 is 0.904 bits per heavy atom. The van der Waals surface area contributed by atoms with E-state index < -0.39 is 0 Å². The van der Waals surface area contributed by atoms with Crippen molar-refractivity contribution in [2.45, 2.75) is 34.7 Å². The third-order valence-electron chi connectivity index (χ3n) is 8.53. The number of H-pyrrole nitrogens is 2. The zero-order chi connectivity index (χ0) is 35.9. The van der Waals surface area contributed by atoms with Crippen molar-refractivity contribution in [3.63, 3.8) is 0 Å². The van der Waals surface area contributed by atoms with Crippen LogP contribution in [0.3, 0.4) is 0 Å². The summed E-state index contributed by atoms with van der Waals surface area (Å²) in [7, 11) is 3.92. The Hall–Kier alpha value is -5.72. The topological polar surface area (TPSA) is 119 Å². The van der Waals surface area contributed by atoms with Crippen LogP contribution in [-0.4, -0.2) is 49.9 Å². The Morgan fingerprint density at radius 3 is 1.29 bits per heavy atom. The van der Waals surface area contributed by atoms with E-state index >= 15 is 0 Å². The first kappa shape index (κ1) is 34.7. The minimum Gasteiger partial charge on any atom is -0.312 e. The SMILES string of the molecule is C[C@@H](Sc1nncn1C)c1cccc(-c2cc(-c3ccccc3)[nH]n2)c1.C[C@H](Sc1nncn1C)c1cccc(-c2cc(-c3ccccc3)[nH]n2)c1. The van der Waals surface area contributed by atoms with Crippen molar-refractivity contribution in [1.29, 1.82) is 0 Å². The Morgan fingerprint density at radius 1 is 0.500 bits per heavy atom. The number of aromatic amines is 2. The Bertz CT molecular complexity index is 2180. The van der Waals surface area contributed by atoms with Gasteiger partial charge in [0.1, 0.15) is 12.7 Å². The number of hydrogen-bond acceptors (Lipinski definition) is 8. The molecule has 2 N–H and O–H groups in total. The molecule has 0 saturated carbocycles. The Kier molecular flexibility index (Phi) is 10.7. The molecular weight excluding hydrogens is 685 g/mol. The van der Waals surface area contributed by atoms with E-state index in [1.807, 2.05) is 59.6 Å². The summed E-state index contributed by atoms with van der Waals surface area (Å²) < 4.78 is 3.87. The predicted octanol–water partition coefficient (Wildman–Crippen LogP) is 9.45. The first-order valence-corrected chi connectivity index (χ1v) is 18.6. The molecule has 260 valence electrons. The molecule has 0 amide bonds. The summed E-state index contributed by atoms with van der Waals surface area (Å²) in [5.74, 6) is 0. The molecule has 0 aliphatic rings. The number of nitrogens with one attached hydrogen (secondary N) is 2. The first-order chi connectivity index (χ1) is 25.4. The van der Waals surface area contributed by atoms with E-state index in [1.165, 1.54) is 11.1 Å². The van der Waals surface area contributed by atoms with Crippen LogP contribution in [0.15, 0.2) is 144 Å². The van der Waals surface area contributed by atoms with Crippen LogP contribution in [0.2, 0.25) is 0 Å². The molecule has 10 nitrogen and oxygen atoms in total. The molecule has 0 saturated heterocycles. The monoisotopic (exact) mass is 722 g/mol. The fraction of sp³-hybridized carbons (Fsp3) is 0.150. The van der Waals surface area contributed by atoms with Crippen molar-refractivity contribution in [1.82, 2.24) is 49.9 Å². The van der Waals surface area contributed by atoms with Crippen LogP contribution in [0.4, 0.5) is 0 Å². The summed E-state index contributed by atoms with van der Waals surface area (Å²) >= 11 is 3.39. The number of benzene rings is 4. The fourth-order valence-electron chi connectivity index (χ4n) is 5.58. The van der Waals surface area contributed by atoms with Crippen molar-refractivity contribution < 1.29 is 0 Å². The molecule has 0 aliphatic carbocycles. The molecule has 0 unspecified atom stereocenters. The Balaban J connectivity index is 0.000000162. The van der Waals surface area contributed by atoms with E-state index in [0.717, 1.165) is 55.3 Å². The van der Waals surface area contributed by atoms with Gasteiger partial charge in [0.25, 0.3) is 0 Å². The summed E-state index contributed by atoms with van der Waals surface area (Å²) in [5.41, 5.74) is 10.9. The molecular formula is C40H38N10S2. The third-order valence-corrected chi connectivity index (χ3v) is 10.9. The normalized spacial score (nSPS) is 12.2. The van der Waals surface area contributed by atoms with Gasteiger partial charge in [-0.1, -0.05) is 121 Å². The van der Waals surface area contributed by atoms with E-state index in [-0.39, 0.29) is 10.5 Å². The van der Waals surface area contributed by atoms with E-state index in [2.05, 4.69) is 140 Å². The summed E-state index contributed by atoms with van der Waals surface area (Å²) in [5, 5.41) is 33.8. The van der Waals surface area contributed by atoms with E-state index in [1.54, 1.807) is 36.2 Å². The van der Waals surface area contributed by atoms with Crippen LogP contribution < -0.4 is 0 Å². The van der Waals surface area contributed by atoms with Gasteiger partial charge in [0.2, 0.25) is 0 Å². The van der Waals surface area contributed by atoms with Gasteiger partial charge in [-0.3, -0.25) is 10.2 Å². The molecule has 52 heavy (non-hydrogen) atoms. The lowest BCUT2D eigenvalue weighted by atomic mass is 10.1. The molecule has 8 rings (SSSR count). The average Bonchev–Trinajstić information content (AvgIpc) is 4.03. The highest BCUT2D eigenvalue weighted by Crippen LogP contribution is 2.36. The quantitative estimate of drug-likeness (QED) is 0.134. The highest BCUT2D eigenvalue weighted by molar-refractivity contribution is 7.99. The number of nitrogens with zero attached hydrogens (tertiary/aromatic N) is 8. The van der Waals surface area contributed by atoms with Crippen molar-refractivity contribution >= 4 is 23.5 Å². The minimum absolute atomic E-state index is 0.269. The number of hydrogen-bond donors (Lipinski definition) is 2. The first-order valence-electron chi connectivity index (χ1n) is 16.8. The maximum Gasteiger partial charge on any atom is 0.191 e.